The Morgan fingerprint density at radius 2 is 2.00 bits per heavy atom. The average Bonchev–Trinajstić information content (AvgIpc) is 3.11. The van der Waals surface area contributed by atoms with Crippen LogP contribution in [0.5, 0.6) is 0 Å². The summed E-state index contributed by atoms with van der Waals surface area (Å²) in [4.78, 5) is 12.5. The molecule has 0 atom stereocenters. The number of halogens is 2. The normalized spacial score (nSPS) is 11.4. The Morgan fingerprint density at radius 3 is 2.71 bits per heavy atom. The van der Waals surface area contributed by atoms with Gasteiger partial charge in [-0.2, -0.15) is 0 Å². The van der Waals surface area contributed by atoms with E-state index in [4.69, 9.17) is 0 Å². The summed E-state index contributed by atoms with van der Waals surface area (Å²) >= 11 is 1.55. The molecule has 0 saturated carbocycles. The molecule has 126 valence electrons. The molecule has 0 radical (unpaired) electrons. The first-order valence-corrected chi connectivity index (χ1v) is 8.62. The van der Waals surface area contributed by atoms with Crippen molar-refractivity contribution in [3.05, 3.63) is 58.6 Å². The second kappa shape index (κ2) is 6.73. The zero-order valence-corrected chi connectivity index (χ0v) is 14.3. The number of hydrogen-bond donors (Lipinski definition) is 1. The van der Waals surface area contributed by atoms with E-state index >= 15 is 0 Å². The number of carbonyl (C=O) groups excluding carboxylic acids is 1. The fourth-order valence-electron chi connectivity index (χ4n) is 2.54. The number of nitrogens with zero attached hydrogens (tertiary/aromatic N) is 1. The molecule has 3 aromatic rings. The van der Waals surface area contributed by atoms with E-state index in [0.717, 1.165) is 16.3 Å². The van der Waals surface area contributed by atoms with E-state index < -0.39 is 11.6 Å². The summed E-state index contributed by atoms with van der Waals surface area (Å²) in [5.41, 5.74) is 2.05. The standard InChI is InChI=1S/C18H18F2N2OS/c1-11(2)9-21-18(23)16-8-17-15(5-6-24-17)22(16)10-12-3-4-13(19)14(20)7-12/h3-8,11H,9-10H2,1-2H3,(H,21,23). The molecule has 2 aromatic heterocycles. The van der Waals surface area contributed by atoms with Gasteiger partial charge in [0.25, 0.3) is 5.91 Å². The Balaban J connectivity index is 1.95. The maximum absolute atomic E-state index is 13.5. The number of thiophene rings is 1. The average molecular weight is 348 g/mol. The lowest BCUT2D eigenvalue weighted by Gasteiger charge is -2.12. The summed E-state index contributed by atoms with van der Waals surface area (Å²) in [6.45, 7) is 4.95. The molecular formula is C18H18F2N2OS. The van der Waals surface area contributed by atoms with Gasteiger partial charge in [0.05, 0.1) is 10.2 Å². The first-order chi connectivity index (χ1) is 11.5. The third-order valence-electron chi connectivity index (χ3n) is 3.75. The number of carbonyl (C=O) groups is 1. The lowest BCUT2D eigenvalue weighted by molar-refractivity contribution is 0.0940. The van der Waals surface area contributed by atoms with Gasteiger partial charge in [0.2, 0.25) is 0 Å². The molecule has 24 heavy (non-hydrogen) atoms. The minimum Gasteiger partial charge on any atom is -0.351 e. The van der Waals surface area contributed by atoms with E-state index in [-0.39, 0.29) is 5.91 Å². The fraction of sp³-hybridized carbons (Fsp3) is 0.278. The molecule has 3 rings (SSSR count). The van der Waals surface area contributed by atoms with Crippen LogP contribution in [-0.2, 0) is 6.54 Å². The molecule has 0 aliphatic heterocycles. The van der Waals surface area contributed by atoms with E-state index in [1.165, 1.54) is 12.1 Å². The monoisotopic (exact) mass is 348 g/mol. The van der Waals surface area contributed by atoms with Gasteiger partial charge in [-0.3, -0.25) is 4.79 Å². The van der Waals surface area contributed by atoms with Crippen molar-refractivity contribution in [3.8, 4) is 0 Å². The van der Waals surface area contributed by atoms with Crippen molar-refractivity contribution in [2.45, 2.75) is 20.4 Å². The molecule has 0 aliphatic rings. The molecule has 0 bridgehead atoms. The molecule has 0 spiro atoms. The molecule has 3 nitrogen and oxygen atoms in total. The topological polar surface area (TPSA) is 34.0 Å². The molecule has 1 N–H and O–H groups in total. The van der Waals surface area contributed by atoms with Crippen molar-refractivity contribution < 1.29 is 13.6 Å². The summed E-state index contributed by atoms with van der Waals surface area (Å²) in [5, 5.41) is 4.85. The first-order valence-electron chi connectivity index (χ1n) is 7.74. The minimum atomic E-state index is -0.882. The predicted octanol–water partition coefficient (Wildman–Crippen LogP) is 4.42. The van der Waals surface area contributed by atoms with E-state index in [9.17, 15) is 13.6 Å². The summed E-state index contributed by atoms with van der Waals surface area (Å²) in [6, 6.07) is 7.59. The van der Waals surface area contributed by atoms with Crippen molar-refractivity contribution in [2.75, 3.05) is 6.54 Å². The Kier molecular flexibility index (Phi) is 4.66. The second-order valence-electron chi connectivity index (χ2n) is 6.14. The zero-order chi connectivity index (χ0) is 17.3. The van der Waals surface area contributed by atoms with Crippen molar-refractivity contribution in [3.63, 3.8) is 0 Å². The van der Waals surface area contributed by atoms with E-state index in [1.807, 2.05) is 35.9 Å². The molecule has 1 aromatic carbocycles. The number of rotatable bonds is 5. The maximum atomic E-state index is 13.5. The highest BCUT2D eigenvalue weighted by molar-refractivity contribution is 7.17. The Labute approximate surface area is 142 Å². The van der Waals surface area contributed by atoms with Crippen LogP contribution in [0.3, 0.4) is 0 Å². The van der Waals surface area contributed by atoms with Gasteiger partial charge in [0, 0.05) is 13.1 Å². The number of aromatic nitrogens is 1. The van der Waals surface area contributed by atoms with Gasteiger partial charge in [-0.05, 0) is 41.1 Å². The number of fused-ring (bicyclic) bond motifs is 1. The van der Waals surface area contributed by atoms with Crippen LogP contribution in [0.2, 0.25) is 0 Å². The van der Waals surface area contributed by atoms with Gasteiger partial charge in [-0.25, -0.2) is 8.78 Å². The molecule has 0 unspecified atom stereocenters. The number of benzene rings is 1. The molecular weight excluding hydrogens is 330 g/mol. The Bertz CT molecular complexity index is 882. The van der Waals surface area contributed by atoms with Crippen molar-refractivity contribution >= 4 is 27.5 Å². The summed E-state index contributed by atoms with van der Waals surface area (Å²) in [7, 11) is 0. The summed E-state index contributed by atoms with van der Waals surface area (Å²) in [6.07, 6.45) is 0. The predicted molar refractivity (Wildman–Crippen MR) is 92.4 cm³/mol. The van der Waals surface area contributed by atoms with Crippen LogP contribution in [0.4, 0.5) is 8.78 Å². The lowest BCUT2D eigenvalue weighted by Crippen LogP contribution is -2.29. The van der Waals surface area contributed by atoms with Crippen LogP contribution in [0.15, 0.2) is 35.7 Å². The summed E-state index contributed by atoms with van der Waals surface area (Å²) in [5.74, 6) is -1.56. The largest absolute Gasteiger partial charge is 0.351 e. The number of amides is 1. The van der Waals surface area contributed by atoms with E-state index in [0.29, 0.717) is 30.3 Å². The number of hydrogen-bond acceptors (Lipinski definition) is 2. The third-order valence-corrected chi connectivity index (χ3v) is 4.60. The third kappa shape index (κ3) is 3.33. The van der Waals surface area contributed by atoms with Gasteiger partial charge >= 0.3 is 0 Å². The van der Waals surface area contributed by atoms with E-state index in [2.05, 4.69) is 5.32 Å². The van der Waals surface area contributed by atoms with Gasteiger partial charge in [-0.15, -0.1) is 11.3 Å². The quantitative estimate of drug-likeness (QED) is 0.728. The zero-order valence-electron chi connectivity index (χ0n) is 13.5. The molecule has 6 heteroatoms. The smallest absolute Gasteiger partial charge is 0.267 e. The highest BCUT2D eigenvalue weighted by atomic mass is 32.1. The van der Waals surface area contributed by atoms with Gasteiger partial charge in [0.1, 0.15) is 5.69 Å². The summed E-state index contributed by atoms with van der Waals surface area (Å²) < 4.78 is 29.4. The molecule has 0 fully saturated rings. The molecule has 0 aliphatic carbocycles. The van der Waals surface area contributed by atoms with Gasteiger partial charge in [0.15, 0.2) is 11.6 Å². The van der Waals surface area contributed by atoms with Crippen molar-refractivity contribution in [1.82, 2.24) is 9.88 Å². The second-order valence-corrected chi connectivity index (χ2v) is 7.09. The van der Waals surface area contributed by atoms with Gasteiger partial charge in [-0.1, -0.05) is 19.9 Å². The van der Waals surface area contributed by atoms with Crippen molar-refractivity contribution in [1.29, 1.82) is 0 Å². The van der Waals surface area contributed by atoms with Crippen LogP contribution in [0.25, 0.3) is 10.2 Å². The molecule has 2 heterocycles. The van der Waals surface area contributed by atoms with Crippen LogP contribution < -0.4 is 5.32 Å². The SMILES string of the molecule is CC(C)CNC(=O)c1cc2sccc2n1Cc1ccc(F)c(F)c1. The van der Waals surface area contributed by atoms with E-state index in [1.54, 1.807) is 11.3 Å². The highest BCUT2D eigenvalue weighted by Gasteiger charge is 2.17. The number of nitrogens with one attached hydrogen (secondary N) is 1. The van der Waals surface area contributed by atoms with Crippen molar-refractivity contribution in [2.24, 2.45) is 5.92 Å². The fourth-order valence-corrected chi connectivity index (χ4v) is 3.37. The minimum absolute atomic E-state index is 0.158. The lowest BCUT2D eigenvalue weighted by atomic mass is 10.2. The van der Waals surface area contributed by atoms with Crippen LogP contribution in [-0.4, -0.2) is 17.0 Å². The Hall–Kier alpha value is -2.21. The van der Waals surface area contributed by atoms with Crippen LogP contribution in [0.1, 0.15) is 29.9 Å². The van der Waals surface area contributed by atoms with Gasteiger partial charge < -0.3 is 9.88 Å². The molecule has 0 saturated heterocycles. The maximum Gasteiger partial charge on any atom is 0.267 e. The van der Waals surface area contributed by atoms with Crippen LogP contribution >= 0.6 is 11.3 Å². The highest BCUT2D eigenvalue weighted by Crippen LogP contribution is 2.26. The van der Waals surface area contributed by atoms with Crippen LogP contribution in [0, 0.1) is 17.6 Å². The first kappa shape index (κ1) is 16.6. The molecule has 1 amide bonds. The Morgan fingerprint density at radius 1 is 1.21 bits per heavy atom.